The van der Waals surface area contributed by atoms with E-state index in [9.17, 15) is 22.8 Å². The van der Waals surface area contributed by atoms with Crippen molar-refractivity contribution in [1.82, 2.24) is 25.4 Å². The molecule has 3 aromatic heterocycles. The zero-order valence-corrected chi connectivity index (χ0v) is 22.2. The van der Waals surface area contributed by atoms with E-state index >= 15 is 0 Å². The van der Waals surface area contributed by atoms with Crippen molar-refractivity contribution >= 4 is 50.6 Å². The molecule has 1 aliphatic rings. The Hall–Kier alpha value is -4.18. The van der Waals surface area contributed by atoms with Crippen molar-refractivity contribution in [3.8, 4) is 5.75 Å². The van der Waals surface area contributed by atoms with Gasteiger partial charge in [-0.2, -0.15) is 5.10 Å². The largest absolute Gasteiger partial charge is 0.573 e. The fourth-order valence-electron chi connectivity index (χ4n) is 4.07. The fraction of sp³-hybridized carbons (Fsp3) is 0.292. The molecule has 40 heavy (non-hydrogen) atoms. The Labute approximate surface area is 233 Å². The number of carbonyl (C=O) groups excluding carboxylic acids is 2. The number of rotatable bonds is 9. The second-order valence-corrected chi connectivity index (χ2v) is 10.5. The molecule has 0 aliphatic carbocycles. The number of benzene rings is 1. The molecule has 208 valence electrons. The Bertz CT molecular complexity index is 1460. The predicted molar refractivity (Wildman–Crippen MR) is 141 cm³/mol. The Morgan fingerprint density at radius 3 is 2.65 bits per heavy atom. The van der Waals surface area contributed by atoms with Crippen LogP contribution in [-0.4, -0.2) is 56.6 Å². The molecule has 16 heteroatoms. The van der Waals surface area contributed by atoms with Crippen molar-refractivity contribution in [3.05, 3.63) is 64.2 Å². The summed E-state index contributed by atoms with van der Waals surface area (Å²) in [4.78, 5) is 30.7. The third-order valence-corrected chi connectivity index (χ3v) is 7.35. The van der Waals surface area contributed by atoms with Crippen LogP contribution < -0.4 is 20.3 Å². The van der Waals surface area contributed by atoms with Gasteiger partial charge < -0.3 is 20.3 Å². The SMILES string of the molecule is O=C(Cc1cccc(OC(F)(F)F)c1)Nc1ccc(C2CCN(c3nnc(NC(=O)Cc4cscn4)s3)C2)nn1. The average Bonchev–Trinajstić information content (AvgIpc) is 3.66. The molecule has 0 radical (unpaired) electrons. The molecular formula is C24H21F3N8O3S2. The summed E-state index contributed by atoms with van der Waals surface area (Å²) in [5.74, 6) is -0.745. The van der Waals surface area contributed by atoms with Crippen molar-refractivity contribution in [2.75, 3.05) is 28.6 Å². The van der Waals surface area contributed by atoms with E-state index in [0.29, 0.717) is 28.1 Å². The predicted octanol–water partition coefficient (Wildman–Crippen LogP) is 4.04. The number of thiazole rings is 1. The van der Waals surface area contributed by atoms with Gasteiger partial charge in [0.15, 0.2) is 5.82 Å². The topological polar surface area (TPSA) is 135 Å². The van der Waals surface area contributed by atoms with Crippen LogP contribution in [0.15, 0.2) is 47.3 Å². The van der Waals surface area contributed by atoms with Crippen LogP contribution in [0, 0.1) is 0 Å². The number of anilines is 3. The fourth-order valence-corrected chi connectivity index (χ4v) is 5.43. The molecule has 2 amide bonds. The molecule has 4 heterocycles. The molecule has 1 saturated heterocycles. The molecule has 0 bridgehead atoms. The second kappa shape index (κ2) is 11.9. The standard InChI is InChI=1S/C24H21F3N8O3S2/c25-24(26,27)38-17-3-1-2-14(8-17)9-20(36)29-19-5-4-18(31-32-19)15-6-7-35(11-15)23-34-33-22(40-23)30-21(37)10-16-12-39-13-28-16/h1-5,8,12-13,15H,6-7,9-11H2,(H,29,32,36)(H,30,33,37). The lowest BCUT2D eigenvalue weighted by Gasteiger charge is -2.14. The average molecular weight is 591 g/mol. The van der Waals surface area contributed by atoms with Crippen molar-refractivity contribution in [2.24, 2.45) is 0 Å². The van der Waals surface area contributed by atoms with Gasteiger partial charge in [0.2, 0.25) is 22.1 Å². The van der Waals surface area contributed by atoms with E-state index < -0.39 is 18.0 Å². The first-order chi connectivity index (χ1) is 19.2. The number of ether oxygens (including phenoxy) is 1. The number of nitrogens with zero attached hydrogens (tertiary/aromatic N) is 6. The summed E-state index contributed by atoms with van der Waals surface area (Å²) in [6, 6.07) is 8.64. The minimum atomic E-state index is -4.81. The molecule has 1 unspecified atom stereocenters. The summed E-state index contributed by atoms with van der Waals surface area (Å²) < 4.78 is 41.2. The lowest BCUT2D eigenvalue weighted by Crippen LogP contribution is -2.19. The smallest absolute Gasteiger partial charge is 0.406 e. The Morgan fingerprint density at radius 1 is 1.05 bits per heavy atom. The van der Waals surface area contributed by atoms with Crippen molar-refractivity contribution in [1.29, 1.82) is 0 Å². The Balaban J connectivity index is 1.11. The monoisotopic (exact) mass is 590 g/mol. The van der Waals surface area contributed by atoms with Gasteiger partial charge in [0.05, 0.1) is 29.7 Å². The normalized spacial score (nSPS) is 15.2. The van der Waals surface area contributed by atoms with Gasteiger partial charge in [-0.25, -0.2) is 4.98 Å². The maximum atomic E-state index is 12.4. The van der Waals surface area contributed by atoms with Gasteiger partial charge in [0.25, 0.3) is 0 Å². The van der Waals surface area contributed by atoms with Crippen LogP contribution in [0.3, 0.4) is 0 Å². The summed E-state index contributed by atoms with van der Waals surface area (Å²) in [7, 11) is 0. The van der Waals surface area contributed by atoms with Gasteiger partial charge in [-0.1, -0.05) is 23.5 Å². The van der Waals surface area contributed by atoms with Crippen LogP contribution in [0.2, 0.25) is 0 Å². The molecule has 2 N–H and O–H groups in total. The first-order valence-corrected chi connectivity index (χ1v) is 13.7. The molecule has 1 aliphatic heterocycles. The Morgan fingerprint density at radius 2 is 1.90 bits per heavy atom. The zero-order valence-electron chi connectivity index (χ0n) is 20.6. The molecule has 1 fully saturated rings. The lowest BCUT2D eigenvalue weighted by atomic mass is 10.1. The summed E-state index contributed by atoms with van der Waals surface area (Å²) >= 11 is 2.72. The van der Waals surface area contributed by atoms with Crippen LogP contribution in [0.4, 0.5) is 29.3 Å². The highest BCUT2D eigenvalue weighted by atomic mass is 32.1. The summed E-state index contributed by atoms with van der Waals surface area (Å²) in [5, 5.41) is 24.9. The van der Waals surface area contributed by atoms with Gasteiger partial charge >= 0.3 is 6.36 Å². The number of hydrogen-bond acceptors (Lipinski definition) is 11. The highest BCUT2D eigenvalue weighted by molar-refractivity contribution is 7.19. The molecule has 1 atom stereocenters. The lowest BCUT2D eigenvalue weighted by molar-refractivity contribution is -0.274. The third-order valence-electron chi connectivity index (χ3n) is 5.81. The zero-order chi connectivity index (χ0) is 28.1. The first-order valence-electron chi connectivity index (χ1n) is 11.9. The van der Waals surface area contributed by atoms with Crippen LogP contribution in [0.1, 0.15) is 29.3 Å². The number of hydrogen-bond donors (Lipinski definition) is 2. The molecule has 5 rings (SSSR count). The van der Waals surface area contributed by atoms with Gasteiger partial charge in [-0.15, -0.1) is 39.8 Å². The van der Waals surface area contributed by atoms with Gasteiger partial charge in [-0.05, 0) is 36.2 Å². The van der Waals surface area contributed by atoms with Crippen LogP contribution >= 0.6 is 22.7 Å². The second-order valence-electron chi connectivity index (χ2n) is 8.79. The van der Waals surface area contributed by atoms with E-state index in [2.05, 4.69) is 45.6 Å². The number of amides is 2. The molecular weight excluding hydrogens is 569 g/mol. The summed E-state index contributed by atoms with van der Waals surface area (Å²) in [5.41, 5.74) is 3.48. The van der Waals surface area contributed by atoms with Gasteiger partial charge in [0.1, 0.15) is 5.75 Å². The molecule has 11 nitrogen and oxygen atoms in total. The Kier molecular flexibility index (Phi) is 8.16. The molecule has 0 saturated carbocycles. The van der Waals surface area contributed by atoms with E-state index in [-0.39, 0.29) is 30.5 Å². The number of alkyl halides is 3. The van der Waals surface area contributed by atoms with E-state index in [1.807, 2.05) is 5.38 Å². The number of nitrogens with one attached hydrogen (secondary N) is 2. The van der Waals surface area contributed by atoms with Crippen molar-refractivity contribution < 1.29 is 27.5 Å². The van der Waals surface area contributed by atoms with E-state index in [0.717, 1.165) is 30.8 Å². The molecule has 4 aromatic rings. The van der Waals surface area contributed by atoms with Gasteiger partial charge in [-0.3, -0.25) is 9.59 Å². The van der Waals surface area contributed by atoms with E-state index in [1.54, 1.807) is 17.6 Å². The number of carbonyl (C=O) groups is 2. The van der Waals surface area contributed by atoms with Crippen LogP contribution in [0.5, 0.6) is 5.75 Å². The highest BCUT2D eigenvalue weighted by Gasteiger charge is 2.31. The van der Waals surface area contributed by atoms with E-state index in [4.69, 9.17) is 0 Å². The minimum Gasteiger partial charge on any atom is -0.406 e. The molecule has 0 spiro atoms. The highest BCUT2D eigenvalue weighted by Crippen LogP contribution is 2.33. The van der Waals surface area contributed by atoms with Crippen molar-refractivity contribution in [2.45, 2.75) is 31.5 Å². The number of halogens is 3. The van der Waals surface area contributed by atoms with Crippen LogP contribution in [0.25, 0.3) is 0 Å². The maximum absolute atomic E-state index is 12.4. The maximum Gasteiger partial charge on any atom is 0.573 e. The third kappa shape index (κ3) is 7.47. The van der Waals surface area contributed by atoms with Gasteiger partial charge in [0, 0.05) is 24.4 Å². The molecule has 1 aromatic carbocycles. The first kappa shape index (κ1) is 27.4. The van der Waals surface area contributed by atoms with Crippen LogP contribution in [-0.2, 0) is 22.4 Å². The summed E-state index contributed by atoms with van der Waals surface area (Å²) in [6.45, 7) is 1.36. The van der Waals surface area contributed by atoms with Crippen molar-refractivity contribution in [3.63, 3.8) is 0 Å². The number of aromatic nitrogens is 5. The quantitative estimate of drug-likeness (QED) is 0.296. The summed E-state index contributed by atoms with van der Waals surface area (Å²) in [6.07, 6.45) is -4.00. The van der Waals surface area contributed by atoms with E-state index in [1.165, 1.54) is 34.8 Å². The minimum absolute atomic E-state index is 0.0835.